The van der Waals surface area contributed by atoms with Crippen LogP contribution in [0.4, 0.5) is 0 Å². The van der Waals surface area contributed by atoms with Gasteiger partial charge in [0.1, 0.15) is 0 Å². The van der Waals surface area contributed by atoms with Gasteiger partial charge in [-0.25, -0.2) is 0 Å². The van der Waals surface area contributed by atoms with Crippen molar-refractivity contribution in [1.29, 1.82) is 0 Å². The Hall–Kier alpha value is -0.220. The first kappa shape index (κ1) is 12.2. The van der Waals surface area contributed by atoms with Gasteiger partial charge in [0.05, 0.1) is 6.04 Å². The van der Waals surface area contributed by atoms with Crippen LogP contribution in [-0.2, 0) is 4.79 Å². The summed E-state index contributed by atoms with van der Waals surface area (Å²) in [6.07, 6.45) is 5.96. The molecule has 0 aromatic rings. The molecule has 2 saturated heterocycles. The summed E-state index contributed by atoms with van der Waals surface area (Å²) in [5, 5.41) is 3.84. The standard InChI is InChI=1S/C12H22N2OS/c1-13-11-6-2-3-7-14(12(11)15)9-10-5-4-8-16-10/h10-11,13H,2-9H2,1H3. The highest BCUT2D eigenvalue weighted by Gasteiger charge is 2.28. The number of carbonyl (C=O) groups excluding carboxylic acids is 1. The molecule has 0 aromatic heterocycles. The molecule has 16 heavy (non-hydrogen) atoms. The predicted octanol–water partition coefficient (Wildman–Crippen LogP) is 1.48. The Morgan fingerprint density at radius 3 is 2.94 bits per heavy atom. The van der Waals surface area contributed by atoms with Crippen molar-refractivity contribution in [2.45, 2.75) is 43.4 Å². The van der Waals surface area contributed by atoms with Gasteiger partial charge in [-0.15, -0.1) is 0 Å². The molecule has 2 aliphatic rings. The third-order valence-corrected chi connectivity index (χ3v) is 4.96. The van der Waals surface area contributed by atoms with Crippen LogP contribution in [0.5, 0.6) is 0 Å². The summed E-state index contributed by atoms with van der Waals surface area (Å²) in [5.41, 5.74) is 0. The molecule has 4 heteroatoms. The van der Waals surface area contributed by atoms with Crippen LogP contribution in [0, 0.1) is 0 Å². The molecule has 3 nitrogen and oxygen atoms in total. The Morgan fingerprint density at radius 1 is 1.38 bits per heavy atom. The van der Waals surface area contributed by atoms with Crippen molar-refractivity contribution in [2.24, 2.45) is 0 Å². The molecule has 1 N–H and O–H groups in total. The van der Waals surface area contributed by atoms with E-state index in [1.807, 2.05) is 18.8 Å². The Kier molecular flexibility index (Phi) is 4.53. The third-order valence-electron chi connectivity index (χ3n) is 3.58. The highest BCUT2D eigenvalue weighted by Crippen LogP contribution is 2.27. The molecular weight excluding hydrogens is 220 g/mol. The zero-order valence-corrected chi connectivity index (χ0v) is 10.9. The predicted molar refractivity (Wildman–Crippen MR) is 68.8 cm³/mol. The maximum Gasteiger partial charge on any atom is 0.239 e. The van der Waals surface area contributed by atoms with Gasteiger partial charge in [0.25, 0.3) is 0 Å². The topological polar surface area (TPSA) is 32.3 Å². The average molecular weight is 242 g/mol. The number of nitrogens with one attached hydrogen (secondary N) is 1. The van der Waals surface area contributed by atoms with E-state index in [1.165, 1.54) is 31.4 Å². The largest absolute Gasteiger partial charge is 0.340 e. The van der Waals surface area contributed by atoms with E-state index in [-0.39, 0.29) is 6.04 Å². The summed E-state index contributed by atoms with van der Waals surface area (Å²) in [6, 6.07) is 0.0638. The van der Waals surface area contributed by atoms with Gasteiger partial charge < -0.3 is 10.2 Å². The number of hydrogen-bond donors (Lipinski definition) is 1. The number of likely N-dealkylation sites (tertiary alicyclic amines) is 1. The minimum atomic E-state index is 0.0638. The van der Waals surface area contributed by atoms with Gasteiger partial charge in [-0.2, -0.15) is 11.8 Å². The fraction of sp³-hybridized carbons (Fsp3) is 0.917. The lowest BCUT2D eigenvalue weighted by Crippen LogP contribution is -2.45. The van der Waals surface area contributed by atoms with Crippen molar-refractivity contribution in [3.63, 3.8) is 0 Å². The van der Waals surface area contributed by atoms with Crippen molar-refractivity contribution >= 4 is 17.7 Å². The lowest BCUT2D eigenvalue weighted by Gasteiger charge is -2.26. The second-order valence-electron chi connectivity index (χ2n) is 4.76. The molecule has 2 rings (SSSR count). The SMILES string of the molecule is CNC1CCCCN(CC2CCCS2)C1=O. The highest BCUT2D eigenvalue weighted by molar-refractivity contribution is 8.00. The number of rotatable bonds is 3. The molecule has 1 amide bonds. The Morgan fingerprint density at radius 2 is 2.25 bits per heavy atom. The van der Waals surface area contributed by atoms with E-state index in [9.17, 15) is 4.79 Å². The van der Waals surface area contributed by atoms with Crippen LogP contribution in [0.3, 0.4) is 0 Å². The van der Waals surface area contributed by atoms with Crippen LogP contribution in [0.2, 0.25) is 0 Å². The van der Waals surface area contributed by atoms with Crippen molar-refractivity contribution in [2.75, 3.05) is 25.9 Å². The van der Waals surface area contributed by atoms with E-state index in [0.29, 0.717) is 11.2 Å². The van der Waals surface area contributed by atoms with Gasteiger partial charge in [0, 0.05) is 18.3 Å². The molecule has 2 unspecified atom stereocenters. The summed E-state index contributed by atoms with van der Waals surface area (Å²) in [4.78, 5) is 14.3. The van der Waals surface area contributed by atoms with Crippen molar-refractivity contribution in [1.82, 2.24) is 10.2 Å². The quantitative estimate of drug-likeness (QED) is 0.813. The molecule has 2 atom stereocenters. The maximum absolute atomic E-state index is 12.2. The number of nitrogens with zero attached hydrogens (tertiary/aromatic N) is 1. The first-order valence-electron chi connectivity index (χ1n) is 6.39. The number of thioether (sulfide) groups is 1. The van der Waals surface area contributed by atoms with E-state index in [2.05, 4.69) is 10.2 Å². The number of hydrogen-bond acceptors (Lipinski definition) is 3. The summed E-state index contributed by atoms with van der Waals surface area (Å²) in [7, 11) is 1.90. The summed E-state index contributed by atoms with van der Waals surface area (Å²) in [6.45, 7) is 1.94. The Bertz CT molecular complexity index is 241. The highest BCUT2D eigenvalue weighted by atomic mass is 32.2. The summed E-state index contributed by atoms with van der Waals surface area (Å²) >= 11 is 2.04. The van der Waals surface area contributed by atoms with Crippen LogP contribution in [0.25, 0.3) is 0 Å². The molecule has 2 fully saturated rings. The number of likely N-dealkylation sites (N-methyl/N-ethyl adjacent to an activating group) is 1. The normalized spacial score (nSPS) is 31.8. The lowest BCUT2D eigenvalue weighted by molar-refractivity contribution is -0.132. The van der Waals surface area contributed by atoms with Gasteiger partial charge in [-0.3, -0.25) is 4.79 Å². The minimum absolute atomic E-state index is 0.0638. The van der Waals surface area contributed by atoms with E-state index in [1.54, 1.807) is 0 Å². The van der Waals surface area contributed by atoms with Crippen LogP contribution in [0.15, 0.2) is 0 Å². The van der Waals surface area contributed by atoms with Crippen molar-refractivity contribution in [3.8, 4) is 0 Å². The van der Waals surface area contributed by atoms with Crippen LogP contribution in [0.1, 0.15) is 32.1 Å². The fourth-order valence-corrected chi connectivity index (χ4v) is 3.87. The molecule has 0 spiro atoms. The van der Waals surface area contributed by atoms with E-state index >= 15 is 0 Å². The van der Waals surface area contributed by atoms with Gasteiger partial charge in [0.15, 0.2) is 0 Å². The van der Waals surface area contributed by atoms with Gasteiger partial charge in [-0.1, -0.05) is 0 Å². The average Bonchev–Trinajstić information content (AvgIpc) is 2.73. The first-order valence-corrected chi connectivity index (χ1v) is 7.44. The van der Waals surface area contributed by atoms with E-state index in [4.69, 9.17) is 0 Å². The number of carbonyl (C=O) groups is 1. The smallest absolute Gasteiger partial charge is 0.239 e. The summed E-state index contributed by atoms with van der Waals surface area (Å²) in [5.74, 6) is 1.61. The molecule has 0 aromatic carbocycles. The van der Waals surface area contributed by atoms with Crippen molar-refractivity contribution < 1.29 is 4.79 Å². The molecule has 2 heterocycles. The van der Waals surface area contributed by atoms with Gasteiger partial charge in [0.2, 0.25) is 5.91 Å². The maximum atomic E-state index is 12.2. The monoisotopic (exact) mass is 242 g/mol. The second-order valence-corrected chi connectivity index (χ2v) is 6.16. The van der Waals surface area contributed by atoms with E-state index in [0.717, 1.165) is 19.5 Å². The molecule has 92 valence electrons. The number of amides is 1. The van der Waals surface area contributed by atoms with E-state index < -0.39 is 0 Å². The van der Waals surface area contributed by atoms with Crippen molar-refractivity contribution in [3.05, 3.63) is 0 Å². The third kappa shape index (κ3) is 2.92. The Balaban J connectivity index is 1.92. The zero-order valence-electron chi connectivity index (χ0n) is 10.1. The van der Waals surface area contributed by atoms with Gasteiger partial charge >= 0.3 is 0 Å². The Labute approximate surface area is 102 Å². The molecule has 0 bridgehead atoms. The second kappa shape index (κ2) is 5.92. The first-order chi connectivity index (χ1) is 7.81. The molecule has 0 saturated carbocycles. The lowest BCUT2D eigenvalue weighted by atomic mass is 10.1. The molecular formula is C12H22N2OS. The minimum Gasteiger partial charge on any atom is -0.340 e. The summed E-state index contributed by atoms with van der Waals surface area (Å²) < 4.78 is 0. The zero-order chi connectivity index (χ0) is 11.4. The molecule has 0 aliphatic carbocycles. The fourth-order valence-electron chi connectivity index (χ4n) is 2.59. The molecule has 0 radical (unpaired) electrons. The van der Waals surface area contributed by atoms with Crippen LogP contribution < -0.4 is 5.32 Å². The van der Waals surface area contributed by atoms with Crippen LogP contribution >= 0.6 is 11.8 Å². The van der Waals surface area contributed by atoms with Crippen LogP contribution in [-0.4, -0.2) is 48.0 Å². The molecule has 2 aliphatic heterocycles. The van der Waals surface area contributed by atoms with Gasteiger partial charge in [-0.05, 0) is 44.9 Å².